The van der Waals surface area contributed by atoms with Crippen molar-refractivity contribution in [3.05, 3.63) is 57.0 Å². The summed E-state index contributed by atoms with van der Waals surface area (Å²) in [4.78, 5) is 12.1. The van der Waals surface area contributed by atoms with Gasteiger partial charge in [0.25, 0.3) is 5.91 Å². The summed E-state index contributed by atoms with van der Waals surface area (Å²) in [5, 5.41) is 12.6. The molecule has 2 N–H and O–H groups in total. The Kier molecular flexibility index (Phi) is 4.67. The summed E-state index contributed by atoms with van der Waals surface area (Å²) in [6.45, 7) is 0. The van der Waals surface area contributed by atoms with E-state index in [4.69, 9.17) is 11.6 Å². The van der Waals surface area contributed by atoms with Gasteiger partial charge in [0.2, 0.25) is 0 Å². The van der Waals surface area contributed by atoms with Gasteiger partial charge in [-0.15, -0.1) is 0 Å². The minimum absolute atomic E-state index is 0.219. The molecule has 0 saturated carbocycles. The number of nitrogens with one attached hydrogen (secondary N) is 1. The number of benzene rings is 2. The van der Waals surface area contributed by atoms with E-state index in [0.717, 1.165) is 0 Å². The molecule has 3 nitrogen and oxygen atoms in total. The van der Waals surface area contributed by atoms with Gasteiger partial charge in [0.1, 0.15) is 5.75 Å². The van der Waals surface area contributed by atoms with Crippen LogP contribution in [0.3, 0.4) is 0 Å². The Labute approximate surface area is 136 Å². The number of phenols is 1. The number of alkyl halides is 3. The number of anilines is 1. The number of hydrogen-bond acceptors (Lipinski definition) is 2. The number of phenolic OH excluding ortho intramolecular Hbond substituents is 1. The zero-order valence-electron chi connectivity index (χ0n) is 10.7. The fourth-order valence-corrected chi connectivity index (χ4v) is 2.25. The predicted molar refractivity (Wildman–Crippen MR) is 80.2 cm³/mol. The topological polar surface area (TPSA) is 49.3 Å². The molecule has 0 radical (unpaired) electrons. The van der Waals surface area contributed by atoms with Crippen molar-refractivity contribution in [1.82, 2.24) is 0 Å². The van der Waals surface area contributed by atoms with E-state index in [9.17, 15) is 23.1 Å². The van der Waals surface area contributed by atoms with Crippen molar-refractivity contribution < 1.29 is 23.1 Å². The van der Waals surface area contributed by atoms with Crippen molar-refractivity contribution in [1.29, 1.82) is 0 Å². The molecule has 0 aliphatic heterocycles. The highest BCUT2D eigenvalue weighted by atomic mass is 79.9. The molecular formula is C14H8BrClF3NO2. The fourth-order valence-electron chi connectivity index (χ4n) is 1.67. The predicted octanol–water partition coefficient (Wildman–Crippen LogP) is 5.08. The molecule has 0 aliphatic rings. The molecule has 0 atom stereocenters. The van der Waals surface area contributed by atoms with Crippen LogP contribution in [0.4, 0.5) is 18.9 Å². The second-order valence-electron chi connectivity index (χ2n) is 4.31. The van der Waals surface area contributed by atoms with Crippen molar-refractivity contribution in [3.63, 3.8) is 0 Å². The molecular weight excluding hydrogens is 387 g/mol. The summed E-state index contributed by atoms with van der Waals surface area (Å²) in [6, 6.07) is 7.29. The molecule has 0 heterocycles. The smallest absolute Gasteiger partial charge is 0.416 e. The van der Waals surface area contributed by atoms with Crippen LogP contribution in [0.5, 0.6) is 5.75 Å². The summed E-state index contributed by atoms with van der Waals surface area (Å²) in [7, 11) is 0. The van der Waals surface area contributed by atoms with Gasteiger partial charge < -0.3 is 10.4 Å². The highest BCUT2D eigenvalue weighted by Crippen LogP contribution is 2.37. The number of rotatable bonds is 2. The highest BCUT2D eigenvalue weighted by Gasteiger charge is 2.33. The lowest BCUT2D eigenvalue weighted by atomic mass is 10.1. The first kappa shape index (κ1) is 16.6. The summed E-state index contributed by atoms with van der Waals surface area (Å²) in [5.74, 6) is -1.44. The number of carbonyl (C=O) groups excluding carboxylic acids is 1. The van der Waals surface area contributed by atoms with Gasteiger partial charge in [0.05, 0.1) is 15.6 Å². The summed E-state index contributed by atoms with van der Waals surface area (Å²) in [6.07, 6.45) is -4.63. The first-order valence-electron chi connectivity index (χ1n) is 5.85. The average Bonchev–Trinajstić information content (AvgIpc) is 2.43. The van der Waals surface area contributed by atoms with Crippen molar-refractivity contribution in [2.45, 2.75) is 6.18 Å². The van der Waals surface area contributed by atoms with E-state index in [1.165, 1.54) is 24.3 Å². The lowest BCUT2D eigenvalue weighted by molar-refractivity contribution is -0.137. The first-order valence-corrected chi connectivity index (χ1v) is 7.02. The third kappa shape index (κ3) is 3.72. The van der Waals surface area contributed by atoms with Gasteiger partial charge in [-0.05, 0) is 52.3 Å². The quantitative estimate of drug-likeness (QED) is 0.746. The van der Waals surface area contributed by atoms with Gasteiger partial charge in [0.15, 0.2) is 0 Å². The van der Waals surface area contributed by atoms with Crippen molar-refractivity contribution in [3.8, 4) is 5.75 Å². The zero-order chi connectivity index (χ0) is 16.5. The maximum Gasteiger partial charge on any atom is 0.416 e. The lowest BCUT2D eigenvalue weighted by Crippen LogP contribution is -2.14. The molecule has 0 aliphatic carbocycles. The van der Waals surface area contributed by atoms with Crippen LogP contribution in [-0.4, -0.2) is 11.0 Å². The molecule has 2 aromatic carbocycles. The molecule has 2 rings (SSSR count). The van der Waals surface area contributed by atoms with Gasteiger partial charge in [-0.1, -0.05) is 11.6 Å². The van der Waals surface area contributed by atoms with Gasteiger partial charge >= 0.3 is 6.18 Å². The van der Waals surface area contributed by atoms with Crippen LogP contribution in [-0.2, 0) is 6.18 Å². The maximum atomic E-state index is 12.8. The van der Waals surface area contributed by atoms with Crippen LogP contribution in [0.2, 0.25) is 5.02 Å². The van der Waals surface area contributed by atoms with Crippen LogP contribution in [0.25, 0.3) is 0 Å². The summed E-state index contributed by atoms with van der Waals surface area (Å²) >= 11 is 8.50. The molecule has 22 heavy (non-hydrogen) atoms. The number of aromatic hydroxyl groups is 1. The minimum Gasteiger partial charge on any atom is -0.506 e. The van der Waals surface area contributed by atoms with Crippen molar-refractivity contribution in [2.24, 2.45) is 0 Å². The van der Waals surface area contributed by atoms with Crippen LogP contribution in [0, 0.1) is 0 Å². The van der Waals surface area contributed by atoms with Crippen LogP contribution in [0.1, 0.15) is 15.9 Å². The number of halogens is 5. The molecule has 8 heteroatoms. The molecule has 0 aromatic heterocycles. The first-order chi connectivity index (χ1) is 10.2. The molecule has 0 bridgehead atoms. The van der Waals surface area contributed by atoms with Gasteiger partial charge in [0, 0.05) is 10.7 Å². The van der Waals surface area contributed by atoms with E-state index in [-0.39, 0.29) is 4.47 Å². The van der Waals surface area contributed by atoms with E-state index < -0.39 is 29.0 Å². The third-order valence-electron chi connectivity index (χ3n) is 2.74. The standard InChI is InChI=1S/C14H8BrClF3NO2/c15-11-6-7(14(17,18)19)5-10(12(11)21)13(22)20-9-3-1-8(16)2-4-9/h1-6,21H,(H,20,22). The Morgan fingerprint density at radius 2 is 1.77 bits per heavy atom. The molecule has 1 amide bonds. The lowest BCUT2D eigenvalue weighted by Gasteiger charge is -2.12. The second kappa shape index (κ2) is 6.18. The number of carbonyl (C=O) groups is 1. The minimum atomic E-state index is -4.63. The SMILES string of the molecule is O=C(Nc1ccc(Cl)cc1)c1cc(C(F)(F)F)cc(Br)c1O. The average molecular weight is 395 g/mol. The Bertz CT molecular complexity index is 717. The second-order valence-corrected chi connectivity index (χ2v) is 5.60. The highest BCUT2D eigenvalue weighted by molar-refractivity contribution is 9.10. The van der Waals surface area contributed by atoms with E-state index in [2.05, 4.69) is 21.2 Å². The molecule has 116 valence electrons. The van der Waals surface area contributed by atoms with E-state index >= 15 is 0 Å². The van der Waals surface area contributed by atoms with Crippen LogP contribution >= 0.6 is 27.5 Å². The zero-order valence-corrected chi connectivity index (χ0v) is 13.1. The van der Waals surface area contributed by atoms with Crippen LogP contribution < -0.4 is 5.32 Å². The molecule has 0 unspecified atom stereocenters. The summed E-state index contributed by atoms with van der Waals surface area (Å²) in [5.41, 5.74) is -1.20. The fraction of sp³-hybridized carbons (Fsp3) is 0.0714. The van der Waals surface area contributed by atoms with Gasteiger partial charge in [-0.3, -0.25) is 4.79 Å². The Morgan fingerprint density at radius 3 is 2.32 bits per heavy atom. The van der Waals surface area contributed by atoms with Crippen molar-refractivity contribution in [2.75, 3.05) is 5.32 Å². The molecule has 2 aromatic rings. The Balaban J connectivity index is 2.36. The Morgan fingerprint density at radius 1 is 1.18 bits per heavy atom. The van der Waals surface area contributed by atoms with Crippen molar-refractivity contribution >= 4 is 39.1 Å². The molecule has 0 saturated heterocycles. The maximum absolute atomic E-state index is 12.8. The largest absolute Gasteiger partial charge is 0.506 e. The Hall–Kier alpha value is -1.73. The van der Waals surface area contributed by atoms with E-state index in [0.29, 0.717) is 22.8 Å². The number of amides is 1. The normalized spacial score (nSPS) is 11.3. The van der Waals surface area contributed by atoms with Crippen LogP contribution in [0.15, 0.2) is 40.9 Å². The van der Waals surface area contributed by atoms with Gasteiger partial charge in [-0.25, -0.2) is 0 Å². The summed E-state index contributed by atoms with van der Waals surface area (Å²) < 4.78 is 38.1. The monoisotopic (exact) mass is 393 g/mol. The van der Waals surface area contributed by atoms with E-state index in [1.807, 2.05) is 0 Å². The molecule has 0 spiro atoms. The van der Waals surface area contributed by atoms with E-state index in [1.54, 1.807) is 0 Å². The van der Waals surface area contributed by atoms with Gasteiger partial charge in [-0.2, -0.15) is 13.2 Å². The number of hydrogen-bond donors (Lipinski definition) is 2. The third-order valence-corrected chi connectivity index (χ3v) is 3.59. The molecule has 0 fully saturated rings.